The molecule has 1 aromatic rings. The lowest BCUT2D eigenvalue weighted by molar-refractivity contribution is -0.106. The fourth-order valence-corrected chi connectivity index (χ4v) is 3.87. The van der Waals surface area contributed by atoms with Crippen LogP contribution in [0.4, 0.5) is 0 Å². The lowest BCUT2D eigenvalue weighted by Crippen LogP contribution is -2.44. The fourth-order valence-electron chi connectivity index (χ4n) is 3.66. The zero-order chi connectivity index (χ0) is 16.9. The van der Waals surface area contributed by atoms with E-state index in [4.69, 9.17) is 11.6 Å². The quantitative estimate of drug-likeness (QED) is 0.761. The van der Waals surface area contributed by atoms with Gasteiger partial charge in [0.2, 0.25) is 0 Å². The molecule has 0 bridgehead atoms. The zero-order valence-corrected chi connectivity index (χ0v) is 15.0. The van der Waals surface area contributed by atoms with Crippen LogP contribution in [0.3, 0.4) is 0 Å². The van der Waals surface area contributed by atoms with Crippen LogP contribution < -0.4 is 0 Å². The number of aryl methyl sites for hydroxylation is 1. The van der Waals surface area contributed by atoms with E-state index in [9.17, 15) is 4.79 Å². The third-order valence-corrected chi connectivity index (χ3v) is 5.31. The van der Waals surface area contributed by atoms with Crippen molar-refractivity contribution in [2.45, 2.75) is 31.7 Å². The number of nitrogens with zero attached hydrogens (tertiary/aromatic N) is 2. The zero-order valence-electron chi connectivity index (χ0n) is 14.2. The molecule has 3 nitrogen and oxygen atoms in total. The minimum atomic E-state index is 0.479. The van der Waals surface area contributed by atoms with Gasteiger partial charge in [0, 0.05) is 17.6 Å². The number of benzene rings is 1. The number of piperidine rings is 1. The highest BCUT2D eigenvalue weighted by molar-refractivity contribution is 6.30. The standard InChI is InChI=1S/C20H25ClN2O/c1-22-12-9-19(10-13-22)23-11-3-5-17(20(23)15-24)8-7-16-4-2-6-18(21)14-16/h2-6,14-15,19H,7-13H2,1H3. The van der Waals surface area contributed by atoms with Crippen LogP contribution in [-0.4, -0.2) is 48.8 Å². The lowest BCUT2D eigenvalue weighted by atomic mass is 9.96. The topological polar surface area (TPSA) is 23.6 Å². The van der Waals surface area contributed by atoms with Crippen LogP contribution in [-0.2, 0) is 11.2 Å². The Labute approximate surface area is 149 Å². The van der Waals surface area contributed by atoms with Crippen molar-refractivity contribution in [3.8, 4) is 0 Å². The van der Waals surface area contributed by atoms with E-state index in [1.807, 2.05) is 18.2 Å². The van der Waals surface area contributed by atoms with Gasteiger partial charge < -0.3 is 9.80 Å². The molecule has 0 N–H and O–H groups in total. The summed E-state index contributed by atoms with van der Waals surface area (Å²) in [6, 6.07) is 8.45. The van der Waals surface area contributed by atoms with Gasteiger partial charge in [-0.05, 0) is 69.1 Å². The summed E-state index contributed by atoms with van der Waals surface area (Å²) in [5, 5.41) is 0.768. The number of halogens is 1. The van der Waals surface area contributed by atoms with E-state index in [0.717, 1.165) is 67.9 Å². The molecule has 2 aliphatic heterocycles. The number of hydrogen-bond donors (Lipinski definition) is 0. The normalized spacial score (nSPS) is 19.8. The van der Waals surface area contributed by atoms with Crippen LogP contribution in [0.2, 0.25) is 5.02 Å². The largest absolute Gasteiger partial charge is 0.362 e. The Kier molecular flexibility index (Phi) is 5.75. The molecule has 128 valence electrons. The average molecular weight is 345 g/mol. The van der Waals surface area contributed by atoms with Gasteiger partial charge in [-0.25, -0.2) is 0 Å². The van der Waals surface area contributed by atoms with Gasteiger partial charge >= 0.3 is 0 Å². The molecule has 3 rings (SSSR count). The summed E-state index contributed by atoms with van der Waals surface area (Å²) in [5.41, 5.74) is 3.24. The summed E-state index contributed by atoms with van der Waals surface area (Å²) in [6.07, 6.45) is 9.40. The minimum Gasteiger partial charge on any atom is -0.362 e. The fraction of sp³-hybridized carbons (Fsp3) is 0.450. The second-order valence-corrected chi connectivity index (χ2v) is 7.18. The number of rotatable bonds is 5. The van der Waals surface area contributed by atoms with E-state index in [2.05, 4.69) is 35.1 Å². The van der Waals surface area contributed by atoms with E-state index in [-0.39, 0.29) is 0 Å². The first kappa shape index (κ1) is 17.2. The Morgan fingerprint density at radius 2 is 2.04 bits per heavy atom. The van der Waals surface area contributed by atoms with Crippen molar-refractivity contribution in [1.29, 1.82) is 0 Å². The highest BCUT2D eigenvalue weighted by Gasteiger charge is 2.26. The predicted octanol–water partition coefficient (Wildman–Crippen LogP) is 3.69. The van der Waals surface area contributed by atoms with Gasteiger partial charge in [0.1, 0.15) is 0 Å². The third kappa shape index (κ3) is 4.08. The average Bonchev–Trinajstić information content (AvgIpc) is 2.60. The molecule has 0 unspecified atom stereocenters. The summed E-state index contributed by atoms with van der Waals surface area (Å²) in [7, 11) is 2.17. The van der Waals surface area contributed by atoms with Crippen molar-refractivity contribution in [3.63, 3.8) is 0 Å². The molecular weight excluding hydrogens is 320 g/mol. The second-order valence-electron chi connectivity index (χ2n) is 6.75. The van der Waals surface area contributed by atoms with Gasteiger partial charge in [0.15, 0.2) is 6.29 Å². The van der Waals surface area contributed by atoms with Crippen LogP contribution in [0.5, 0.6) is 0 Å². The van der Waals surface area contributed by atoms with Crippen LogP contribution >= 0.6 is 11.6 Å². The molecule has 1 saturated heterocycles. The maximum atomic E-state index is 11.8. The first-order valence-corrected chi connectivity index (χ1v) is 9.09. The summed E-state index contributed by atoms with van der Waals surface area (Å²) in [5.74, 6) is 0. The summed E-state index contributed by atoms with van der Waals surface area (Å²) in [6.45, 7) is 3.06. The number of carbonyl (C=O) groups excluding carboxylic acids is 1. The van der Waals surface area contributed by atoms with Crippen molar-refractivity contribution in [3.05, 3.63) is 58.3 Å². The molecule has 24 heavy (non-hydrogen) atoms. The molecule has 4 heteroatoms. The summed E-state index contributed by atoms with van der Waals surface area (Å²) in [4.78, 5) is 16.5. The minimum absolute atomic E-state index is 0.479. The predicted molar refractivity (Wildman–Crippen MR) is 99.2 cm³/mol. The Morgan fingerprint density at radius 3 is 2.75 bits per heavy atom. The molecule has 1 fully saturated rings. The van der Waals surface area contributed by atoms with Crippen molar-refractivity contribution in [2.75, 3.05) is 26.7 Å². The third-order valence-electron chi connectivity index (χ3n) is 5.07. The van der Waals surface area contributed by atoms with E-state index >= 15 is 0 Å². The van der Waals surface area contributed by atoms with Crippen LogP contribution in [0.25, 0.3) is 0 Å². The number of aldehydes is 1. The molecule has 0 amide bonds. The Bertz CT molecular complexity index is 645. The molecule has 1 aromatic carbocycles. The number of allylic oxidation sites excluding steroid dienone is 3. The molecule has 2 heterocycles. The molecule has 0 saturated carbocycles. The Morgan fingerprint density at radius 1 is 1.25 bits per heavy atom. The van der Waals surface area contributed by atoms with Gasteiger partial charge in [-0.3, -0.25) is 4.79 Å². The van der Waals surface area contributed by atoms with Gasteiger partial charge in [-0.15, -0.1) is 0 Å². The molecule has 2 aliphatic rings. The van der Waals surface area contributed by atoms with Gasteiger partial charge in [-0.1, -0.05) is 35.9 Å². The molecular formula is C20H25ClN2O. The molecule has 0 aromatic heterocycles. The Balaban J connectivity index is 1.72. The smallest absolute Gasteiger partial charge is 0.166 e. The monoisotopic (exact) mass is 344 g/mol. The maximum Gasteiger partial charge on any atom is 0.166 e. The van der Waals surface area contributed by atoms with Gasteiger partial charge in [-0.2, -0.15) is 0 Å². The first-order valence-electron chi connectivity index (χ1n) is 8.72. The molecule has 0 aliphatic carbocycles. The number of hydrogen-bond acceptors (Lipinski definition) is 3. The highest BCUT2D eigenvalue weighted by atomic mass is 35.5. The SMILES string of the molecule is CN1CCC(N2CC=CC(CCc3cccc(Cl)c3)=C2C=O)CC1. The first-order chi connectivity index (χ1) is 11.7. The van der Waals surface area contributed by atoms with Crippen molar-refractivity contribution < 1.29 is 4.79 Å². The lowest BCUT2D eigenvalue weighted by Gasteiger charge is -2.40. The van der Waals surface area contributed by atoms with Crippen LogP contribution in [0.15, 0.2) is 47.7 Å². The van der Waals surface area contributed by atoms with E-state index in [1.54, 1.807) is 0 Å². The van der Waals surface area contributed by atoms with Crippen LogP contribution in [0, 0.1) is 0 Å². The van der Waals surface area contributed by atoms with E-state index < -0.39 is 0 Å². The molecule has 0 spiro atoms. The number of likely N-dealkylation sites (tertiary alicyclic amines) is 1. The Hall–Kier alpha value is -1.58. The van der Waals surface area contributed by atoms with E-state index in [1.165, 1.54) is 5.56 Å². The van der Waals surface area contributed by atoms with Crippen molar-refractivity contribution >= 4 is 17.9 Å². The number of carbonyl (C=O) groups is 1. The van der Waals surface area contributed by atoms with Crippen molar-refractivity contribution in [2.24, 2.45) is 0 Å². The highest BCUT2D eigenvalue weighted by Crippen LogP contribution is 2.26. The van der Waals surface area contributed by atoms with Crippen LogP contribution in [0.1, 0.15) is 24.8 Å². The van der Waals surface area contributed by atoms with Gasteiger partial charge in [0.05, 0.1) is 5.70 Å². The van der Waals surface area contributed by atoms with E-state index in [0.29, 0.717) is 6.04 Å². The molecule has 0 radical (unpaired) electrons. The van der Waals surface area contributed by atoms with Gasteiger partial charge in [0.25, 0.3) is 0 Å². The second kappa shape index (κ2) is 8.00. The molecule has 0 atom stereocenters. The maximum absolute atomic E-state index is 11.8. The summed E-state index contributed by atoms with van der Waals surface area (Å²) < 4.78 is 0. The van der Waals surface area contributed by atoms with Crippen molar-refractivity contribution in [1.82, 2.24) is 9.80 Å². The summed E-state index contributed by atoms with van der Waals surface area (Å²) >= 11 is 6.06.